The summed E-state index contributed by atoms with van der Waals surface area (Å²) in [6, 6.07) is -0.273. The summed E-state index contributed by atoms with van der Waals surface area (Å²) < 4.78 is 0. The van der Waals surface area contributed by atoms with Crippen LogP contribution < -0.4 is 16.0 Å². The third-order valence-electron chi connectivity index (χ3n) is 2.41. The lowest BCUT2D eigenvalue weighted by atomic mass is 10.3. The highest BCUT2D eigenvalue weighted by atomic mass is 16.2. The fourth-order valence-electron chi connectivity index (χ4n) is 1.48. The van der Waals surface area contributed by atoms with Gasteiger partial charge in [0.1, 0.15) is 0 Å². The second-order valence-electron chi connectivity index (χ2n) is 3.74. The van der Waals surface area contributed by atoms with E-state index in [0.29, 0.717) is 6.54 Å². The van der Waals surface area contributed by atoms with Gasteiger partial charge in [-0.1, -0.05) is 6.92 Å². The molecule has 1 aliphatic rings. The molecule has 0 unspecified atom stereocenters. The maximum atomic E-state index is 11.6. The maximum Gasteiger partial charge on any atom is 0.315 e. The number of carbonyl (C=O) groups is 2. The predicted octanol–water partition coefficient (Wildman–Crippen LogP) is -0.873. The average Bonchev–Trinajstić information content (AvgIpc) is 2.34. The number of rotatable bonds is 4. The SMILES string of the molecule is CCCNC(=O)NCC(=O)N1CCNCC1. The summed E-state index contributed by atoms with van der Waals surface area (Å²) in [5.41, 5.74) is 0. The lowest BCUT2D eigenvalue weighted by Gasteiger charge is -2.27. The van der Waals surface area contributed by atoms with Crippen LogP contribution >= 0.6 is 0 Å². The van der Waals surface area contributed by atoms with Crippen LogP contribution in [-0.2, 0) is 4.79 Å². The third-order valence-corrected chi connectivity index (χ3v) is 2.41. The Balaban J connectivity index is 2.15. The number of piperazine rings is 1. The van der Waals surface area contributed by atoms with Gasteiger partial charge < -0.3 is 20.9 Å². The third kappa shape index (κ3) is 4.48. The van der Waals surface area contributed by atoms with Gasteiger partial charge in [-0.25, -0.2) is 4.79 Å². The van der Waals surface area contributed by atoms with Crippen molar-refractivity contribution in [3.63, 3.8) is 0 Å². The van der Waals surface area contributed by atoms with Gasteiger partial charge in [-0.15, -0.1) is 0 Å². The predicted molar refractivity (Wildman–Crippen MR) is 61.1 cm³/mol. The molecule has 6 heteroatoms. The minimum Gasteiger partial charge on any atom is -0.339 e. The minimum absolute atomic E-state index is 0.0202. The molecule has 3 amide bonds. The Morgan fingerprint density at radius 1 is 1.25 bits per heavy atom. The molecule has 0 spiro atoms. The first-order valence-corrected chi connectivity index (χ1v) is 5.74. The van der Waals surface area contributed by atoms with Crippen LogP contribution in [0.1, 0.15) is 13.3 Å². The van der Waals surface area contributed by atoms with Crippen LogP contribution in [0.2, 0.25) is 0 Å². The number of nitrogens with zero attached hydrogens (tertiary/aromatic N) is 1. The first-order valence-electron chi connectivity index (χ1n) is 5.74. The average molecular weight is 228 g/mol. The van der Waals surface area contributed by atoms with Crippen LogP contribution in [0.25, 0.3) is 0 Å². The van der Waals surface area contributed by atoms with E-state index < -0.39 is 0 Å². The van der Waals surface area contributed by atoms with Crippen molar-refractivity contribution in [1.29, 1.82) is 0 Å². The van der Waals surface area contributed by atoms with Gasteiger partial charge in [0.2, 0.25) is 5.91 Å². The van der Waals surface area contributed by atoms with Crippen LogP contribution in [0.4, 0.5) is 4.79 Å². The normalized spacial score (nSPS) is 15.7. The summed E-state index contributed by atoms with van der Waals surface area (Å²) in [7, 11) is 0. The molecule has 6 nitrogen and oxygen atoms in total. The van der Waals surface area contributed by atoms with Gasteiger partial charge in [0.25, 0.3) is 0 Å². The van der Waals surface area contributed by atoms with Crippen molar-refractivity contribution in [3.05, 3.63) is 0 Å². The first kappa shape index (κ1) is 12.8. The Bertz CT molecular complexity index is 239. The summed E-state index contributed by atoms with van der Waals surface area (Å²) in [5, 5.41) is 8.38. The zero-order valence-corrected chi connectivity index (χ0v) is 9.71. The minimum atomic E-state index is -0.273. The fraction of sp³-hybridized carbons (Fsp3) is 0.800. The van der Waals surface area contributed by atoms with E-state index in [4.69, 9.17) is 0 Å². The van der Waals surface area contributed by atoms with Gasteiger partial charge >= 0.3 is 6.03 Å². The van der Waals surface area contributed by atoms with Gasteiger partial charge in [0.15, 0.2) is 0 Å². The number of urea groups is 1. The molecular weight excluding hydrogens is 208 g/mol. The highest BCUT2D eigenvalue weighted by molar-refractivity contribution is 5.84. The van der Waals surface area contributed by atoms with E-state index in [1.165, 1.54) is 0 Å². The van der Waals surface area contributed by atoms with E-state index in [1.54, 1.807) is 4.90 Å². The molecule has 1 aliphatic heterocycles. The van der Waals surface area contributed by atoms with Crippen LogP contribution in [-0.4, -0.2) is 56.1 Å². The van der Waals surface area contributed by atoms with Crippen molar-refractivity contribution >= 4 is 11.9 Å². The number of amides is 3. The largest absolute Gasteiger partial charge is 0.339 e. The Hall–Kier alpha value is -1.30. The molecular formula is C10H20N4O2. The highest BCUT2D eigenvalue weighted by Gasteiger charge is 2.16. The zero-order chi connectivity index (χ0) is 11.8. The first-order chi connectivity index (χ1) is 7.74. The molecule has 3 N–H and O–H groups in total. The van der Waals surface area contributed by atoms with Crippen molar-refractivity contribution in [2.45, 2.75) is 13.3 Å². The molecule has 0 bridgehead atoms. The quantitative estimate of drug-likeness (QED) is 0.585. The molecule has 16 heavy (non-hydrogen) atoms. The van der Waals surface area contributed by atoms with Crippen LogP contribution in [0.5, 0.6) is 0 Å². The van der Waals surface area contributed by atoms with E-state index in [-0.39, 0.29) is 18.5 Å². The Morgan fingerprint density at radius 3 is 2.56 bits per heavy atom. The van der Waals surface area contributed by atoms with Gasteiger partial charge in [-0.2, -0.15) is 0 Å². The van der Waals surface area contributed by atoms with E-state index in [2.05, 4.69) is 16.0 Å². The van der Waals surface area contributed by atoms with Gasteiger partial charge in [0.05, 0.1) is 6.54 Å². The molecule has 0 aromatic rings. The van der Waals surface area contributed by atoms with Crippen LogP contribution in [0.3, 0.4) is 0 Å². The number of hydrogen-bond donors (Lipinski definition) is 3. The Morgan fingerprint density at radius 2 is 1.94 bits per heavy atom. The van der Waals surface area contributed by atoms with Gasteiger partial charge in [-0.05, 0) is 6.42 Å². The molecule has 1 fully saturated rings. The van der Waals surface area contributed by atoms with Crippen molar-refractivity contribution < 1.29 is 9.59 Å². The van der Waals surface area contributed by atoms with Gasteiger partial charge in [-0.3, -0.25) is 4.79 Å². The van der Waals surface area contributed by atoms with Crippen LogP contribution in [0.15, 0.2) is 0 Å². The van der Waals surface area contributed by atoms with E-state index >= 15 is 0 Å². The lowest BCUT2D eigenvalue weighted by Crippen LogP contribution is -2.50. The fourth-order valence-corrected chi connectivity index (χ4v) is 1.48. The summed E-state index contributed by atoms with van der Waals surface area (Å²) >= 11 is 0. The Kier molecular flexibility index (Phi) is 5.63. The number of nitrogens with one attached hydrogen (secondary N) is 3. The van der Waals surface area contributed by atoms with E-state index in [1.807, 2.05) is 6.92 Å². The highest BCUT2D eigenvalue weighted by Crippen LogP contribution is 1.92. The molecule has 92 valence electrons. The van der Waals surface area contributed by atoms with Crippen molar-refractivity contribution in [3.8, 4) is 0 Å². The molecule has 1 heterocycles. The second kappa shape index (κ2) is 7.05. The molecule has 1 saturated heterocycles. The van der Waals surface area contributed by atoms with Crippen molar-refractivity contribution in [1.82, 2.24) is 20.9 Å². The smallest absolute Gasteiger partial charge is 0.315 e. The maximum absolute atomic E-state index is 11.6. The van der Waals surface area contributed by atoms with E-state index in [0.717, 1.165) is 32.6 Å². The van der Waals surface area contributed by atoms with Gasteiger partial charge in [0, 0.05) is 32.7 Å². The standard InChI is InChI=1S/C10H20N4O2/c1-2-3-12-10(16)13-8-9(15)14-6-4-11-5-7-14/h11H,2-8H2,1H3,(H2,12,13,16). The summed E-state index contributed by atoms with van der Waals surface area (Å²) in [5.74, 6) is -0.0202. The summed E-state index contributed by atoms with van der Waals surface area (Å²) in [6.07, 6.45) is 0.888. The number of carbonyl (C=O) groups excluding carboxylic acids is 2. The summed E-state index contributed by atoms with van der Waals surface area (Å²) in [4.78, 5) is 24.6. The van der Waals surface area contributed by atoms with E-state index in [9.17, 15) is 9.59 Å². The van der Waals surface area contributed by atoms with Crippen LogP contribution in [0, 0.1) is 0 Å². The molecule has 0 saturated carbocycles. The Labute approximate surface area is 95.8 Å². The van der Waals surface area contributed by atoms with Crippen molar-refractivity contribution in [2.75, 3.05) is 39.3 Å². The number of hydrogen-bond acceptors (Lipinski definition) is 3. The zero-order valence-electron chi connectivity index (χ0n) is 9.71. The monoisotopic (exact) mass is 228 g/mol. The lowest BCUT2D eigenvalue weighted by molar-refractivity contribution is -0.130. The molecule has 0 atom stereocenters. The molecule has 0 aromatic heterocycles. The second-order valence-corrected chi connectivity index (χ2v) is 3.74. The molecule has 0 radical (unpaired) electrons. The summed E-state index contributed by atoms with van der Waals surface area (Å²) in [6.45, 7) is 5.78. The molecule has 0 aromatic carbocycles. The van der Waals surface area contributed by atoms with Crippen molar-refractivity contribution in [2.24, 2.45) is 0 Å². The topological polar surface area (TPSA) is 73.5 Å². The molecule has 0 aliphatic carbocycles. The molecule has 1 rings (SSSR count).